The van der Waals surface area contributed by atoms with Gasteiger partial charge in [-0.25, -0.2) is 4.79 Å². The lowest BCUT2D eigenvalue weighted by atomic mass is 10.0. The van der Waals surface area contributed by atoms with Gasteiger partial charge >= 0.3 is 5.97 Å². The fraction of sp³-hybridized carbons (Fsp3) is 0.500. The SMILES string of the molecule is COC(=O)[C@H](NC(=O)c1sccc1C)C(C)C. The van der Waals surface area contributed by atoms with E-state index < -0.39 is 12.0 Å². The largest absolute Gasteiger partial charge is 0.467 e. The molecule has 0 spiro atoms. The van der Waals surface area contributed by atoms with Crippen LogP contribution in [0.15, 0.2) is 11.4 Å². The van der Waals surface area contributed by atoms with E-state index in [2.05, 4.69) is 10.1 Å². The molecule has 5 heteroatoms. The Labute approximate surface area is 105 Å². The van der Waals surface area contributed by atoms with E-state index in [-0.39, 0.29) is 11.8 Å². The Hall–Kier alpha value is -1.36. The molecule has 1 amide bonds. The second-order valence-corrected chi connectivity index (χ2v) is 5.07. The number of nitrogens with one attached hydrogen (secondary N) is 1. The number of carbonyl (C=O) groups excluding carboxylic acids is 2. The van der Waals surface area contributed by atoms with Gasteiger partial charge in [-0.05, 0) is 29.9 Å². The monoisotopic (exact) mass is 255 g/mol. The highest BCUT2D eigenvalue weighted by Crippen LogP contribution is 2.16. The van der Waals surface area contributed by atoms with Gasteiger partial charge < -0.3 is 10.1 Å². The second kappa shape index (κ2) is 5.82. The molecule has 1 atom stereocenters. The van der Waals surface area contributed by atoms with Gasteiger partial charge in [0, 0.05) is 0 Å². The molecule has 94 valence electrons. The van der Waals surface area contributed by atoms with Crippen molar-refractivity contribution in [2.75, 3.05) is 7.11 Å². The van der Waals surface area contributed by atoms with Crippen molar-refractivity contribution >= 4 is 23.2 Å². The summed E-state index contributed by atoms with van der Waals surface area (Å²) in [5.41, 5.74) is 0.917. The molecule has 1 aromatic heterocycles. The van der Waals surface area contributed by atoms with Crippen LogP contribution in [0.1, 0.15) is 29.1 Å². The van der Waals surface area contributed by atoms with E-state index in [0.717, 1.165) is 5.56 Å². The summed E-state index contributed by atoms with van der Waals surface area (Å²) >= 11 is 1.37. The molecule has 0 aliphatic carbocycles. The lowest BCUT2D eigenvalue weighted by Crippen LogP contribution is -2.44. The van der Waals surface area contributed by atoms with E-state index in [1.165, 1.54) is 18.4 Å². The lowest BCUT2D eigenvalue weighted by molar-refractivity contribution is -0.144. The fourth-order valence-corrected chi connectivity index (χ4v) is 2.27. The van der Waals surface area contributed by atoms with E-state index in [1.807, 2.05) is 32.2 Å². The standard InChI is InChI=1S/C12H17NO3S/c1-7(2)9(12(15)16-4)13-11(14)10-8(3)5-6-17-10/h5-7,9H,1-4H3,(H,13,14)/t9-/m1/s1. The van der Waals surface area contributed by atoms with Crippen molar-refractivity contribution in [1.29, 1.82) is 0 Å². The molecule has 0 aliphatic rings. The summed E-state index contributed by atoms with van der Waals surface area (Å²) < 4.78 is 4.67. The third-order valence-electron chi connectivity index (χ3n) is 2.48. The maximum absolute atomic E-state index is 12.0. The van der Waals surface area contributed by atoms with Crippen molar-refractivity contribution in [2.45, 2.75) is 26.8 Å². The van der Waals surface area contributed by atoms with Crippen molar-refractivity contribution in [3.05, 3.63) is 21.9 Å². The summed E-state index contributed by atoms with van der Waals surface area (Å²) in [6.45, 7) is 5.60. The third-order valence-corrected chi connectivity index (χ3v) is 3.49. The summed E-state index contributed by atoms with van der Waals surface area (Å²) in [4.78, 5) is 24.1. The molecule has 0 unspecified atom stereocenters. The van der Waals surface area contributed by atoms with Crippen LogP contribution in [0.2, 0.25) is 0 Å². The van der Waals surface area contributed by atoms with Crippen LogP contribution >= 0.6 is 11.3 Å². The molecule has 0 aromatic carbocycles. The van der Waals surface area contributed by atoms with Gasteiger partial charge in [0.1, 0.15) is 6.04 Å². The Kier molecular flexibility index (Phi) is 4.69. The smallest absolute Gasteiger partial charge is 0.328 e. The Morgan fingerprint density at radius 3 is 2.47 bits per heavy atom. The Bertz CT molecular complexity index is 412. The van der Waals surface area contributed by atoms with Crippen molar-refractivity contribution < 1.29 is 14.3 Å². The molecular weight excluding hydrogens is 238 g/mol. The molecule has 0 bridgehead atoms. The molecule has 0 fully saturated rings. The maximum atomic E-state index is 12.0. The average Bonchev–Trinajstić information content (AvgIpc) is 2.70. The minimum absolute atomic E-state index is 0.00771. The van der Waals surface area contributed by atoms with E-state index in [1.54, 1.807) is 0 Å². The molecule has 0 radical (unpaired) electrons. The van der Waals surface area contributed by atoms with E-state index in [0.29, 0.717) is 4.88 Å². The predicted octanol–water partition coefficient (Wildman–Crippen LogP) is 1.98. The van der Waals surface area contributed by atoms with Gasteiger partial charge in [-0.3, -0.25) is 4.79 Å². The molecule has 0 saturated carbocycles. The fourth-order valence-electron chi connectivity index (χ4n) is 1.44. The highest BCUT2D eigenvalue weighted by atomic mass is 32.1. The molecule has 4 nitrogen and oxygen atoms in total. The van der Waals surface area contributed by atoms with Crippen molar-refractivity contribution in [3.8, 4) is 0 Å². The lowest BCUT2D eigenvalue weighted by Gasteiger charge is -2.19. The van der Waals surface area contributed by atoms with Crippen LogP contribution in [-0.4, -0.2) is 25.0 Å². The molecule has 1 rings (SSSR count). The van der Waals surface area contributed by atoms with Crippen molar-refractivity contribution in [2.24, 2.45) is 5.92 Å². The first-order valence-electron chi connectivity index (χ1n) is 5.40. The van der Waals surface area contributed by atoms with Gasteiger partial charge in [0.05, 0.1) is 12.0 Å². The number of hydrogen-bond acceptors (Lipinski definition) is 4. The predicted molar refractivity (Wildman–Crippen MR) is 67.2 cm³/mol. The maximum Gasteiger partial charge on any atom is 0.328 e. The summed E-state index contributed by atoms with van der Waals surface area (Å²) in [6, 6.07) is 1.27. The Morgan fingerprint density at radius 1 is 1.41 bits per heavy atom. The quantitative estimate of drug-likeness (QED) is 0.837. The molecule has 1 heterocycles. The van der Waals surface area contributed by atoms with Crippen molar-refractivity contribution in [1.82, 2.24) is 5.32 Å². The highest BCUT2D eigenvalue weighted by molar-refractivity contribution is 7.12. The Balaban J connectivity index is 2.78. The highest BCUT2D eigenvalue weighted by Gasteiger charge is 2.26. The van der Waals surface area contributed by atoms with Crippen LogP contribution in [0.25, 0.3) is 0 Å². The third kappa shape index (κ3) is 3.30. The van der Waals surface area contributed by atoms with Gasteiger partial charge in [0.25, 0.3) is 5.91 Å². The zero-order valence-corrected chi connectivity index (χ0v) is 11.3. The minimum atomic E-state index is -0.603. The van der Waals surface area contributed by atoms with Gasteiger partial charge in [0.2, 0.25) is 0 Å². The molecule has 17 heavy (non-hydrogen) atoms. The molecule has 1 N–H and O–H groups in total. The van der Waals surface area contributed by atoms with Gasteiger partial charge in [-0.15, -0.1) is 11.3 Å². The number of rotatable bonds is 4. The van der Waals surface area contributed by atoms with Gasteiger partial charge in [-0.2, -0.15) is 0 Å². The van der Waals surface area contributed by atoms with Crippen LogP contribution in [0.5, 0.6) is 0 Å². The van der Waals surface area contributed by atoms with Crippen molar-refractivity contribution in [3.63, 3.8) is 0 Å². The number of esters is 1. The van der Waals surface area contributed by atoms with Gasteiger partial charge in [0.15, 0.2) is 0 Å². The molecule has 1 aromatic rings. The summed E-state index contributed by atoms with van der Waals surface area (Å²) in [5, 5.41) is 4.56. The van der Waals surface area contributed by atoms with Crippen LogP contribution in [0.3, 0.4) is 0 Å². The van der Waals surface area contributed by atoms with E-state index >= 15 is 0 Å². The van der Waals surface area contributed by atoms with Gasteiger partial charge in [-0.1, -0.05) is 13.8 Å². The first-order chi connectivity index (χ1) is 7.97. The first-order valence-corrected chi connectivity index (χ1v) is 6.28. The minimum Gasteiger partial charge on any atom is -0.467 e. The number of methoxy groups -OCH3 is 1. The second-order valence-electron chi connectivity index (χ2n) is 4.15. The topological polar surface area (TPSA) is 55.4 Å². The average molecular weight is 255 g/mol. The van der Waals surface area contributed by atoms with Crippen LogP contribution in [0.4, 0.5) is 0 Å². The number of aryl methyl sites for hydroxylation is 1. The van der Waals surface area contributed by atoms with Crippen LogP contribution in [0, 0.1) is 12.8 Å². The van der Waals surface area contributed by atoms with E-state index in [9.17, 15) is 9.59 Å². The number of amides is 1. The summed E-state index contributed by atoms with van der Waals surface area (Å²) in [6.07, 6.45) is 0. The molecule has 0 aliphatic heterocycles. The number of thiophene rings is 1. The number of ether oxygens (including phenoxy) is 1. The Morgan fingerprint density at radius 2 is 2.06 bits per heavy atom. The number of carbonyl (C=O) groups is 2. The van der Waals surface area contributed by atoms with Crippen LogP contribution < -0.4 is 5.32 Å². The number of hydrogen-bond donors (Lipinski definition) is 1. The first kappa shape index (κ1) is 13.7. The van der Waals surface area contributed by atoms with E-state index in [4.69, 9.17) is 0 Å². The summed E-state index contributed by atoms with van der Waals surface area (Å²) in [7, 11) is 1.32. The summed E-state index contributed by atoms with van der Waals surface area (Å²) in [5.74, 6) is -0.643. The van der Waals surface area contributed by atoms with Crippen LogP contribution in [-0.2, 0) is 9.53 Å². The molecular formula is C12H17NO3S. The zero-order valence-electron chi connectivity index (χ0n) is 10.4. The molecule has 0 saturated heterocycles. The zero-order chi connectivity index (χ0) is 13.0. The normalized spacial score (nSPS) is 12.3.